The Labute approximate surface area is 101 Å². The summed E-state index contributed by atoms with van der Waals surface area (Å²) in [5.41, 5.74) is 2.24. The molecule has 16 heavy (non-hydrogen) atoms. The average molecular weight is 280 g/mol. The zero-order chi connectivity index (χ0) is 11.5. The van der Waals surface area contributed by atoms with E-state index in [0.717, 1.165) is 15.7 Å². The molecule has 1 aromatic carbocycles. The van der Waals surface area contributed by atoms with E-state index in [1.807, 2.05) is 24.3 Å². The van der Waals surface area contributed by atoms with Crippen LogP contribution in [0.15, 0.2) is 40.9 Å². The molecule has 0 bridgehead atoms. The second-order valence-corrected chi connectivity index (χ2v) is 4.32. The molecule has 0 aliphatic rings. The quantitative estimate of drug-likeness (QED) is 0.907. The van der Waals surface area contributed by atoms with Gasteiger partial charge in [-0.25, -0.2) is 4.79 Å². The van der Waals surface area contributed by atoms with Gasteiger partial charge < -0.3 is 10.1 Å². The summed E-state index contributed by atoms with van der Waals surface area (Å²) in [6.45, 7) is 0. The molecule has 0 saturated heterocycles. The molecule has 0 aliphatic carbocycles. The summed E-state index contributed by atoms with van der Waals surface area (Å²) < 4.78 is 1.03. The lowest BCUT2D eigenvalue weighted by atomic mass is 10.1. The van der Waals surface area contributed by atoms with E-state index in [2.05, 4.69) is 20.9 Å². The summed E-state index contributed by atoms with van der Waals surface area (Å²) in [6, 6.07) is 11.3. The summed E-state index contributed by atoms with van der Waals surface area (Å²) in [4.78, 5) is 13.6. The summed E-state index contributed by atoms with van der Waals surface area (Å²) in [5, 5.41) is 8.78. The molecule has 0 fully saturated rings. The number of rotatable bonds is 3. The van der Waals surface area contributed by atoms with Crippen molar-refractivity contribution in [3.63, 3.8) is 0 Å². The first-order valence-corrected chi connectivity index (χ1v) is 5.60. The van der Waals surface area contributed by atoms with Crippen molar-refractivity contribution in [2.75, 3.05) is 0 Å². The molecule has 0 radical (unpaired) electrons. The SMILES string of the molecule is O=C(O)c1ccc(Cc2ccccc2Br)[nH]1. The van der Waals surface area contributed by atoms with Crippen molar-refractivity contribution >= 4 is 21.9 Å². The number of hydrogen-bond donors (Lipinski definition) is 2. The Morgan fingerprint density at radius 1 is 1.25 bits per heavy atom. The van der Waals surface area contributed by atoms with E-state index in [4.69, 9.17) is 5.11 Å². The van der Waals surface area contributed by atoms with E-state index in [0.29, 0.717) is 6.42 Å². The molecule has 2 rings (SSSR count). The third-order valence-electron chi connectivity index (χ3n) is 2.32. The molecule has 0 amide bonds. The zero-order valence-electron chi connectivity index (χ0n) is 8.40. The van der Waals surface area contributed by atoms with Gasteiger partial charge in [0.15, 0.2) is 0 Å². The first-order valence-electron chi connectivity index (χ1n) is 4.81. The van der Waals surface area contributed by atoms with Gasteiger partial charge in [-0.05, 0) is 23.8 Å². The first-order chi connectivity index (χ1) is 7.66. The molecule has 1 heterocycles. The van der Waals surface area contributed by atoms with Gasteiger partial charge in [0, 0.05) is 16.6 Å². The Balaban J connectivity index is 2.21. The minimum atomic E-state index is -0.932. The third-order valence-corrected chi connectivity index (χ3v) is 3.09. The zero-order valence-corrected chi connectivity index (χ0v) is 9.99. The topological polar surface area (TPSA) is 53.1 Å². The lowest BCUT2D eigenvalue weighted by Gasteiger charge is -2.01. The van der Waals surface area contributed by atoms with Crippen LogP contribution in [0.3, 0.4) is 0 Å². The largest absolute Gasteiger partial charge is 0.477 e. The summed E-state index contributed by atoms with van der Waals surface area (Å²) in [5.74, 6) is -0.932. The monoisotopic (exact) mass is 279 g/mol. The van der Waals surface area contributed by atoms with Crippen LogP contribution >= 0.6 is 15.9 Å². The molecule has 2 N–H and O–H groups in total. The maximum Gasteiger partial charge on any atom is 0.352 e. The van der Waals surface area contributed by atoms with Crippen molar-refractivity contribution in [1.82, 2.24) is 4.98 Å². The van der Waals surface area contributed by atoms with E-state index in [-0.39, 0.29) is 5.69 Å². The molecule has 0 unspecified atom stereocenters. The summed E-state index contributed by atoms with van der Waals surface area (Å²) >= 11 is 3.46. The molecule has 0 aliphatic heterocycles. The molecule has 0 spiro atoms. The van der Waals surface area contributed by atoms with Crippen molar-refractivity contribution in [1.29, 1.82) is 0 Å². The minimum Gasteiger partial charge on any atom is -0.477 e. The predicted molar refractivity (Wildman–Crippen MR) is 64.7 cm³/mol. The van der Waals surface area contributed by atoms with Gasteiger partial charge in [0.25, 0.3) is 0 Å². The fourth-order valence-corrected chi connectivity index (χ4v) is 1.94. The van der Waals surface area contributed by atoms with E-state index >= 15 is 0 Å². The lowest BCUT2D eigenvalue weighted by Crippen LogP contribution is -1.97. The van der Waals surface area contributed by atoms with Crippen molar-refractivity contribution < 1.29 is 9.90 Å². The van der Waals surface area contributed by atoms with E-state index < -0.39 is 5.97 Å². The van der Waals surface area contributed by atoms with Crippen molar-refractivity contribution in [2.45, 2.75) is 6.42 Å². The summed E-state index contributed by atoms with van der Waals surface area (Å²) in [7, 11) is 0. The van der Waals surface area contributed by atoms with Crippen LogP contribution < -0.4 is 0 Å². The molecule has 4 heteroatoms. The number of benzene rings is 1. The molecule has 0 saturated carbocycles. The number of aromatic nitrogens is 1. The van der Waals surface area contributed by atoms with Gasteiger partial charge in [0.05, 0.1) is 0 Å². The van der Waals surface area contributed by atoms with E-state index in [9.17, 15) is 4.79 Å². The first kappa shape index (κ1) is 11.0. The molecule has 1 aromatic heterocycles. The number of nitrogens with one attached hydrogen (secondary N) is 1. The minimum absolute atomic E-state index is 0.224. The summed E-state index contributed by atoms with van der Waals surface area (Å²) in [6.07, 6.45) is 0.689. The van der Waals surface area contributed by atoms with Gasteiger partial charge in [0.2, 0.25) is 0 Å². The van der Waals surface area contributed by atoms with Gasteiger partial charge >= 0.3 is 5.97 Å². The predicted octanol–water partition coefficient (Wildman–Crippen LogP) is 3.07. The highest BCUT2D eigenvalue weighted by Gasteiger charge is 2.07. The molecule has 82 valence electrons. The van der Waals surface area contributed by atoms with Crippen LogP contribution in [0.25, 0.3) is 0 Å². The number of hydrogen-bond acceptors (Lipinski definition) is 1. The number of aromatic carboxylic acids is 1. The fourth-order valence-electron chi connectivity index (χ4n) is 1.52. The van der Waals surface area contributed by atoms with Crippen LogP contribution in [-0.2, 0) is 6.42 Å². The second kappa shape index (κ2) is 4.53. The molecular formula is C12H10BrNO2. The van der Waals surface area contributed by atoms with Crippen LogP contribution in [0.5, 0.6) is 0 Å². The Morgan fingerprint density at radius 3 is 2.62 bits per heavy atom. The fraction of sp³-hybridized carbons (Fsp3) is 0.0833. The highest BCUT2D eigenvalue weighted by atomic mass is 79.9. The number of carbonyl (C=O) groups is 1. The molecule has 2 aromatic rings. The second-order valence-electron chi connectivity index (χ2n) is 3.47. The van der Waals surface area contributed by atoms with Gasteiger partial charge in [0.1, 0.15) is 5.69 Å². The Bertz CT molecular complexity index is 519. The normalized spacial score (nSPS) is 10.3. The smallest absolute Gasteiger partial charge is 0.352 e. The van der Waals surface area contributed by atoms with E-state index in [1.54, 1.807) is 12.1 Å². The van der Waals surface area contributed by atoms with Crippen molar-refractivity contribution in [3.8, 4) is 0 Å². The average Bonchev–Trinajstić information content (AvgIpc) is 2.70. The Morgan fingerprint density at radius 2 is 2.00 bits per heavy atom. The third kappa shape index (κ3) is 2.33. The van der Waals surface area contributed by atoms with Crippen LogP contribution in [-0.4, -0.2) is 16.1 Å². The highest BCUT2D eigenvalue weighted by Crippen LogP contribution is 2.19. The van der Waals surface area contributed by atoms with Gasteiger partial charge in [-0.1, -0.05) is 34.1 Å². The Hall–Kier alpha value is -1.55. The van der Waals surface area contributed by atoms with Crippen molar-refractivity contribution in [3.05, 3.63) is 57.8 Å². The number of halogens is 1. The number of carboxylic acids is 1. The van der Waals surface area contributed by atoms with E-state index in [1.165, 1.54) is 0 Å². The molecule has 3 nitrogen and oxygen atoms in total. The number of carboxylic acid groups (broad SMARTS) is 1. The maximum atomic E-state index is 10.7. The molecular weight excluding hydrogens is 270 g/mol. The van der Waals surface area contributed by atoms with Gasteiger partial charge in [-0.15, -0.1) is 0 Å². The van der Waals surface area contributed by atoms with Crippen LogP contribution in [0.2, 0.25) is 0 Å². The number of H-pyrrole nitrogens is 1. The van der Waals surface area contributed by atoms with Gasteiger partial charge in [-0.2, -0.15) is 0 Å². The standard InChI is InChI=1S/C12H10BrNO2/c13-10-4-2-1-3-8(10)7-9-5-6-11(14-9)12(15)16/h1-6,14H,7H2,(H,15,16). The Kier molecular flexibility index (Phi) is 3.10. The number of aromatic amines is 1. The van der Waals surface area contributed by atoms with Crippen LogP contribution in [0.1, 0.15) is 21.7 Å². The molecule has 0 atom stereocenters. The maximum absolute atomic E-state index is 10.7. The van der Waals surface area contributed by atoms with Crippen LogP contribution in [0.4, 0.5) is 0 Å². The van der Waals surface area contributed by atoms with Gasteiger partial charge in [-0.3, -0.25) is 0 Å². The van der Waals surface area contributed by atoms with Crippen LogP contribution in [0, 0.1) is 0 Å². The highest BCUT2D eigenvalue weighted by molar-refractivity contribution is 9.10. The van der Waals surface area contributed by atoms with Crippen molar-refractivity contribution in [2.24, 2.45) is 0 Å². The lowest BCUT2D eigenvalue weighted by molar-refractivity contribution is 0.0691.